The molecule has 0 saturated carbocycles. The number of piperidine rings is 1. The van der Waals surface area contributed by atoms with Gasteiger partial charge >= 0.3 is 0 Å². The molecule has 20 heavy (non-hydrogen) atoms. The zero-order valence-corrected chi connectivity index (χ0v) is 11.8. The van der Waals surface area contributed by atoms with Crippen molar-refractivity contribution in [3.63, 3.8) is 0 Å². The summed E-state index contributed by atoms with van der Waals surface area (Å²) < 4.78 is 0. The van der Waals surface area contributed by atoms with Gasteiger partial charge in [-0.2, -0.15) is 0 Å². The molecule has 1 amide bonds. The fourth-order valence-electron chi connectivity index (χ4n) is 2.48. The maximum Gasteiger partial charge on any atom is 0.234 e. The fourth-order valence-corrected chi connectivity index (χ4v) is 2.48. The monoisotopic (exact) mass is 277 g/mol. The van der Waals surface area contributed by atoms with E-state index in [4.69, 9.17) is 0 Å². The summed E-state index contributed by atoms with van der Waals surface area (Å²) in [5, 5.41) is 12.5. The zero-order valence-electron chi connectivity index (χ0n) is 11.8. The van der Waals surface area contributed by atoms with E-state index in [0.717, 1.165) is 37.9 Å². The number of carbonyl (C=O) groups is 1. The number of aliphatic hydroxyl groups excluding tert-OH is 1. The molecular weight excluding hydrogens is 254 g/mol. The lowest BCUT2D eigenvalue weighted by molar-refractivity contribution is -0.122. The number of rotatable bonds is 6. The van der Waals surface area contributed by atoms with Crippen molar-refractivity contribution in [1.29, 1.82) is 0 Å². The van der Waals surface area contributed by atoms with E-state index in [-0.39, 0.29) is 12.0 Å². The van der Waals surface area contributed by atoms with Crippen molar-refractivity contribution in [2.75, 3.05) is 26.2 Å². The molecule has 1 atom stereocenters. The Labute approximate surface area is 120 Å². The number of hydrogen-bond acceptors (Lipinski definition) is 4. The van der Waals surface area contributed by atoms with Crippen LogP contribution in [0.1, 0.15) is 25.0 Å². The number of carbonyl (C=O) groups excluding carboxylic acids is 1. The summed E-state index contributed by atoms with van der Waals surface area (Å²) in [4.78, 5) is 18.0. The van der Waals surface area contributed by atoms with Crippen LogP contribution in [-0.2, 0) is 11.2 Å². The first-order valence-corrected chi connectivity index (χ1v) is 7.31. The average Bonchev–Trinajstić information content (AvgIpc) is 2.45. The molecule has 2 N–H and O–H groups in total. The van der Waals surface area contributed by atoms with Gasteiger partial charge < -0.3 is 10.4 Å². The highest BCUT2D eigenvalue weighted by molar-refractivity contribution is 5.77. The fraction of sp³-hybridized carbons (Fsp3) is 0.600. The van der Waals surface area contributed by atoms with Crippen molar-refractivity contribution in [1.82, 2.24) is 15.2 Å². The Kier molecular flexibility index (Phi) is 5.95. The van der Waals surface area contributed by atoms with E-state index in [1.807, 2.05) is 23.1 Å². The van der Waals surface area contributed by atoms with Crippen LogP contribution >= 0.6 is 0 Å². The molecule has 0 aliphatic carbocycles. The first-order chi connectivity index (χ1) is 9.74. The number of aliphatic hydroxyl groups is 1. The van der Waals surface area contributed by atoms with E-state index in [1.54, 1.807) is 6.20 Å². The molecule has 0 aromatic carbocycles. The Morgan fingerprint density at radius 3 is 3.15 bits per heavy atom. The van der Waals surface area contributed by atoms with Gasteiger partial charge in [-0.15, -0.1) is 0 Å². The van der Waals surface area contributed by atoms with Crippen molar-refractivity contribution in [3.8, 4) is 0 Å². The summed E-state index contributed by atoms with van der Waals surface area (Å²) in [6, 6.07) is 5.87. The molecule has 0 unspecified atom stereocenters. The van der Waals surface area contributed by atoms with E-state index >= 15 is 0 Å². The number of likely N-dealkylation sites (tertiary alicyclic amines) is 1. The first-order valence-electron chi connectivity index (χ1n) is 7.31. The SMILES string of the molecule is O=C(CN1CCC[C@@H](O)C1)NCCCc1ccccn1. The predicted molar refractivity (Wildman–Crippen MR) is 77.2 cm³/mol. The molecule has 2 heterocycles. The summed E-state index contributed by atoms with van der Waals surface area (Å²) >= 11 is 0. The molecule has 1 aromatic heterocycles. The molecule has 5 heteroatoms. The van der Waals surface area contributed by atoms with Gasteiger partial charge in [0.05, 0.1) is 12.6 Å². The summed E-state index contributed by atoms with van der Waals surface area (Å²) in [5.74, 6) is 0.0418. The van der Waals surface area contributed by atoms with Gasteiger partial charge in [-0.25, -0.2) is 0 Å². The minimum Gasteiger partial charge on any atom is -0.392 e. The molecule has 5 nitrogen and oxygen atoms in total. The van der Waals surface area contributed by atoms with Crippen LogP contribution in [0.3, 0.4) is 0 Å². The van der Waals surface area contributed by atoms with Crippen LogP contribution in [0, 0.1) is 0 Å². The number of β-amino-alcohol motifs (C(OH)–C–C–N with tert-alkyl or cyclic N) is 1. The van der Waals surface area contributed by atoms with E-state index in [2.05, 4.69) is 10.3 Å². The van der Waals surface area contributed by atoms with Crippen LogP contribution in [0.25, 0.3) is 0 Å². The van der Waals surface area contributed by atoms with E-state index in [0.29, 0.717) is 19.6 Å². The summed E-state index contributed by atoms with van der Waals surface area (Å²) in [5.41, 5.74) is 1.06. The van der Waals surface area contributed by atoms with Crippen molar-refractivity contribution in [2.24, 2.45) is 0 Å². The number of aryl methyl sites for hydroxylation is 1. The number of hydrogen-bond donors (Lipinski definition) is 2. The summed E-state index contributed by atoms with van der Waals surface area (Å²) in [7, 11) is 0. The lowest BCUT2D eigenvalue weighted by Gasteiger charge is -2.29. The van der Waals surface area contributed by atoms with Crippen molar-refractivity contribution < 1.29 is 9.90 Å². The third kappa shape index (κ3) is 5.27. The Balaban J connectivity index is 1.58. The van der Waals surface area contributed by atoms with Crippen LogP contribution in [0.5, 0.6) is 0 Å². The number of nitrogens with one attached hydrogen (secondary N) is 1. The highest BCUT2D eigenvalue weighted by atomic mass is 16.3. The van der Waals surface area contributed by atoms with Gasteiger partial charge in [0, 0.05) is 25.0 Å². The van der Waals surface area contributed by atoms with Gasteiger partial charge in [0.1, 0.15) is 0 Å². The molecule has 1 aromatic rings. The second-order valence-electron chi connectivity index (χ2n) is 5.31. The maximum absolute atomic E-state index is 11.8. The molecule has 0 radical (unpaired) electrons. The molecule has 110 valence electrons. The predicted octanol–water partition coefficient (Wildman–Crippen LogP) is 0.587. The van der Waals surface area contributed by atoms with Crippen LogP contribution in [0.15, 0.2) is 24.4 Å². The largest absolute Gasteiger partial charge is 0.392 e. The van der Waals surface area contributed by atoms with E-state index in [9.17, 15) is 9.90 Å². The highest BCUT2D eigenvalue weighted by Gasteiger charge is 2.19. The first kappa shape index (κ1) is 14.9. The van der Waals surface area contributed by atoms with Crippen LogP contribution in [-0.4, -0.2) is 53.2 Å². The summed E-state index contributed by atoms with van der Waals surface area (Å²) in [6.45, 7) is 2.58. The maximum atomic E-state index is 11.8. The van der Waals surface area contributed by atoms with Gasteiger partial charge in [0.15, 0.2) is 0 Å². The number of aromatic nitrogens is 1. The molecule has 0 bridgehead atoms. The Hall–Kier alpha value is -1.46. The topological polar surface area (TPSA) is 65.5 Å². The Morgan fingerprint density at radius 2 is 2.40 bits per heavy atom. The normalized spacial score (nSPS) is 19.8. The molecule has 1 saturated heterocycles. The number of pyridine rings is 1. The highest BCUT2D eigenvalue weighted by Crippen LogP contribution is 2.08. The third-order valence-corrected chi connectivity index (χ3v) is 3.51. The molecule has 1 aliphatic heterocycles. The summed E-state index contributed by atoms with van der Waals surface area (Å²) in [6.07, 6.45) is 5.10. The third-order valence-electron chi connectivity index (χ3n) is 3.51. The molecule has 0 spiro atoms. The minimum atomic E-state index is -0.277. The van der Waals surface area contributed by atoms with Crippen molar-refractivity contribution in [3.05, 3.63) is 30.1 Å². The average molecular weight is 277 g/mol. The number of nitrogens with zero attached hydrogens (tertiary/aromatic N) is 2. The van der Waals surface area contributed by atoms with Gasteiger partial charge in [0.25, 0.3) is 0 Å². The van der Waals surface area contributed by atoms with Gasteiger partial charge in [-0.1, -0.05) is 6.07 Å². The Bertz CT molecular complexity index is 411. The minimum absolute atomic E-state index is 0.0418. The second-order valence-corrected chi connectivity index (χ2v) is 5.31. The van der Waals surface area contributed by atoms with E-state index in [1.165, 1.54) is 0 Å². The van der Waals surface area contributed by atoms with Crippen molar-refractivity contribution in [2.45, 2.75) is 31.8 Å². The number of amides is 1. The van der Waals surface area contributed by atoms with Gasteiger partial charge in [-0.05, 0) is 44.4 Å². The van der Waals surface area contributed by atoms with Crippen LogP contribution in [0.2, 0.25) is 0 Å². The molecular formula is C15H23N3O2. The van der Waals surface area contributed by atoms with Crippen LogP contribution < -0.4 is 5.32 Å². The quantitative estimate of drug-likeness (QED) is 0.747. The van der Waals surface area contributed by atoms with E-state index < -0.39 is 0 Å². The molecule has 1 fully saturated rings. The molecule has 1 aliphatic rings. The lowest BCUT2D eigenvalue weighted by atomic mass is 10.1. The van der Waals surface area contributed by atoms with Crippen molar-refractivity contribution >= 4 is 5.91 Å². The lowest BCUT2D eigenvalue weighted by Crippen LogP contribution is -2.44. The zero-order chi connectivity index (χ0) is 14.2. The Morgan fingerprint density at radius 1 is 1.50 bits per heavy atom. The standard InChI is InChI=1S/C15H23N3O2/c19-14-7-4-10-18(11-14)12-15(20)17-9-3-6-13-5-1-2-8-16-13/h1-2,5,8,14,19H,3-4,6-7,9-12H2,(H,17,20)/t14-/m1/s1. The van der Waals surface area contributed by atoms with Crippen LogP contribution in [0.4, 0.5) is 0 Å². The second kappa shape index (κ2) is 7.97. The van der Waals surface area contributed by atoms with Gasteiger partial charge in [0.2, 0.25) is 5.91 Å². The van der Waals surface area contributed by atoms with Gasteiger partial charge in [-0.3, -0.25) is 14.7 Å². The smallest absolute Gasteiger partial charge is 0.234 e. The molecule has 2 rings (SSSR count).